The van der Waals surface area contributed by atoms with Crippen molar-refractivity contribution in [1.82, 2.24) is 14.7 Å². The van der Waals surface area contributed by atoms with Crippen molar-refractivity contribution in [2.75, 3.05) is 13.1 Å². The molecule has 31 heavy (non-hydrogen) atoms. The van der Waals surface area contributed by atoms with Crippen molar-refractivity contribution in [2.24, 2.45) is 13.0 Å². The van der Waals surface area contributed by atoms with Gasteiger partial charge in [0.05, 0.1) is 0 Å². The van der Waals surface area contributed by atoms with Crippen LogP contribution in [0.15, 0.2) is 71.5 Å². The minimum Gasteiger partial charge on any atom is -0.457 e. The number of aromatic nitrogens is 2. The first-order valence-electron chi connectivity index (χ1n) is 10.2. The molecular formula is C24H23N3O4. The Morgan fingerprint density at radius 1 is 0.968 bits per heavy atom. The number of benzene rings is 2. The SMILES string of the molecule is Cn1nc(C(=O)N2CCC[C@H](C(=O)c3ccc(Oc4ccccc4)cc3)C2)ccc1=O. The van der Waals surface area contributed by atoms with Crippen LogP contribution >= 0.6 is 0 Å². The number of rotatable bonds is 5. The van der Waals surface area contributed by atoms with E-state index >= 15 is 0 Å². The van der Waals surface area contributed by atoms with E-state index in [9.17, 15) is 14.4 Å². The van der Waals surface area contributed by atoms with Gasteiger partial charge in [-0.1, -0.05) is 18.2 Å². The molecule has 0 unspecified atom stereocenters. The Balaban J connectivity index is 1.43. The highest BCUT2D eigenvalue weighted by Gasteiger charge is 2.30. The molecule has 1 aliphatic rings. The second-order valence-corrected chi connectivity index (χ2v) is 7.57. The third-order valence-electron chi connectivity index (χ3n) is 5.38. The Kier molecular flexibility index (Phi) is 5.93. The summed E-state index contributed by atoms with van der Waals surface area (Å²) in [5.74, 6) is 0.863. The van der Waals surface area contributed by atoms with Gasteiger partial charge in [0, 0.05) is 37.7 Å². The molecular weight excluding hydrogens is 394 g/mol. The molecule has 1 aromatic heterocycles. The summed E-state index contributed by atoms with van der Waals surface area (Å²) in [7, 11) is 1.51. The van der Waals surface area contributed by atoms with E-state index in [0.717, 1.165) is 23.3 Å². The summed E-state index contributed by atoms with van der Waals surface area (Å²) in [5.41, 5.74) is 0.528. The van der Waals surface area contributed by atoms with Gasteiger partial charge in [-0.15, -0.1) is 0 Å². The summed E-state index contributed by atoms with van der Waals surface area (Å²) in [6, 6.07) is 19.3. The Bertz CT molecular complexity index is 1140. The highest BCUT2D eigenvalue weighted by Crippen LogP contribution is 2.25. The van der Waals surface area contributed by atoms with E-state index in [0.29, 0.717) is 24.4 Å². The number of likely N-dealkylation sites (tertiary alicyclic amines) is 1. The first-order valence-corrected chi connectivity index (χ1v) is 10.2. The molecule has 3 aromatic rings. The Morgan fingerprint density at radius 3 is 2.39 bits per heavy atom. The van der Waals surface area contributed by atoms with Crippen molar-refractivity contribution in [1.29, 1.82) is 0 Å². The van der Waals surface area contributed by atoms with Crippen LogP contribution in [0.3, 0.4) is 0 Å². The summed E-state index contributed by atoms with van der Waals surface area (Å²) in [6.07, 6.45) is 1.47. The molecule has 4 rings (SSSR count). The van der Waals surface area contributed by atoms with Crippen LogP contribution in [-0.4, -0.2) is 39.5 Å². The number of carbonyl (C=O) groups is 2. The Morgan fingerprint density at radius 2 is 1.68 bits per heavy atom. The maximum atomic E-state index is 13.0. The van der Waals surface area contributed by atoms with E-state index < -0.39 is 0 Å². The molecule has 2 heterocycles. The lowest BCUT2D eigenvalue weighted by atomic mass is 9.90. The summed E-state index contributed by atoms with van der Waals surface area (Å²) in [6.45, 7) is 0.904. The van der Waals surface area contributed by atoms with Crippen molar-refractivity contribution in [3.8, 4) is 11.5 Å². The van der Waals surface area contributed by atoms with Gasteiger partial charge in [0.15, 0.2) is 5.78 Å². The second kappa shape index (κ2) is 8.95. The van der Waals surface area contributed by atoms with Crippen molar-refractivity contribution in [3.63, 3.8) is 0 Å². The van der Waals surface area contributed by atoms with E-state index in [2.05, 4.69) is 5.10 Å². The third kappa shape index (κ3) is 4.71. The van der Waals surface area contributed by atoms with E-state index in [1.807, 2.05) is 30.3 Å². The Hall–Kier alpha value is -3.74. The van der Waals surface area contributed by atoms with Gasteiger partial charge in [0.1, 0.15) is 17.2 Å². The van der Waals surface area contributed by atoms with Gasteiger partial charge in [-0.3, -0.25) is 14.4 Å². The first kappa shape index (κ1) is 20.5. The fourth-order valence-corrected chi connectivity index (χ4v) is 3.70. The van der Waals surface area contributed by atoms with E-state index in [1.54, 1.807) is 29.2 Å². The summed E-state index contributed by atoms with van der Waals surface area (Å²) < 4.78 is 6.92. The second-order valence-electron chi connectivity index (χ2n) is 7.57. The molecule has 0 bridgehead atoms. The fraction of sp³-hybridized carbons (Fsp3) is 0.250. The van der Waals surface area contributed by atoms with Crippen LogP contribution < -0.4 is 10.3 Å². The van der Waals surface area contributed by atoms with Gasteiger partial charge in [0.2, 0.25) is 0 Å². The van der Waals surface area contributed by atoms with Crippen LogP contribution in [0.25, 0.3) is 0 Å². The maximum absolute atomic E-state index is 13.0. The number of piperidine rings is 1. The molecule has 0 saturated carbocycles. The van der Waals surface area contributed by atoms with E-state index in [1.165, 1.54) is 19.2 Å². The van der Waals surface area contributed by atoms with E-state index in [4.69, 9.17) is 4.74 Å². The number of hydrogen-bond acceptors (Lipinski definition) is 5. The van der Waals surface area contributed by atoms with Gasteiger partial charge >= 0.3 is 0 Å². The molecule has 7 nitrogen and oxygen atoms in total. The number of para-hydroxylation sites is 1. The van der Waals surface area contributed by atoms with Gasteiger partial charge in [-0.2, -0.15) is 5.10 Å². The number of Topliss-reactive ketones (excluding diaryl/α,β-unsaturated/α-hetero) is 1. The number of aryl methyl sites for hydroxylation is 1. The first-order chi connectivity index (χ1) is 15.0. The van der Waals surface area contributed by atoms with Gasteiger partial charge in [-0.25, -0.2) is 4.68 Å². The molecule has 158 valence electrons. The largest absolute Gasteiger partial charge is 0.457 e. The van der Waals surface area contributed by atoms with Crippen LogP contribution in [0, 0.1) is 5.92 Å². The van der Waals surface area contributed by atoms with Crippen molar-refractivity contribution in [2.45, 2.75) is 12.8 Å². The normalized spacial score (nSPS) is 16.0. The predicted molar refractivity (Wildman–Crippen MR) is 115 cm³/mol. The number of carbonyl (C=O) groups excluding carboxylic acids is 2. The lowest BCUT2D eigenvalue weighted by Gasteiger charge is -2.31. The maximum Gasteiger partial charge on any atom is 0.274 e. The lowest BCUT2D eigenvalue weighted by Crippen LogP contribution is -2.43. The summed E-state index contributed by atoms with van der Waals surface area (Å²) in [5, 5.41) is 4.03. The molecule has 1 atom stereocenters. The van der Waals surface area contributed by atoms with Crippen LogP contribution in [0.4, 0.5) is 0 Å². The average Bonchev–Trinajstić information content (AvgIpc) is 2.81. The highest BCUT2D eigenvalue weighted by molar-refractivity contribution is 5.99. The molecule has 0 spiro atoms. The molecule has 1 aliphatic heterocycles. The number of ether oxygens (including phenoxy) is 1. The van der Waals surface area contributed by atoms with Crippen LogP contribution in [-0.2, 0) is 7.05 Å². The zero-order valence-electron chi connectivity index (χ0n) is 17.2. The van der Waals surface area contributed by atoms with Crippen molar-refractivity contribution in [3.05, 3.63) is 88.3 Å². The fourth-order valence-electron chi connectivity index (χ4n) is 3.70. The smallest absolute Gasteiger partial charge is 0.274 e. The number of nitrogens with zero attached hydrogens (tertiary/aromatic N) is 3. The topological polar surface area (TPSA) is 81.5 Å². The zero-order valence-corrected chi connectivity index (χ0v) is 17.2. The third-order valence-corrected chi connectivity index (χ3v) is 5.38. The molecule has 1 fully saturated rings. The molecule has 0 radical (unpaired) electrons. The van der Waals surface area contributed by atoms with Crippen LogP contribution in [0.2, 0.25) is 0 Å². The molecule has 1 saturated heterocycles. The molecule has 0 aliphatic carbocycles. The van der Waals surface area contributed by atoms with E-state index in [-0.39, 0.29) is 28.9 Å². The van der Waals surface area contributed by atoms with Crippen molar-refractivity contribution < 1.29 is 14.3 Å². The van der Waals surface area contributed by atoms with Gasteiger partial charge in [0.25, 0.3) is 11.5 Å². The number of ketones is 1. The molecule has 0 N–H and O–H groups in total. The van der Waals surface area contributed by atoms with Gasteiger partial charge < -0.3 is 9.64 Å². The minimum absolute atomic E-state index is 0.0113. The standard InChI is InChI=1S/C24H23N3O4/c1-26-22(28)14-13-21(25-26)24(30)27-15-5-6-18(16-27)23(29)17-9-11-20(12-10-17)31-19-7-3-2-4-8-19/h2-4,7-14,18H,5-6,15-16H2,1H3/t18-/m0/s1. The zero-order chi connectivity index (χ0) is 21.8. The highest BCUT2D eigenvalue weighted by atomic mass is 16.5. The summed E-state index contributed by atoms with van der Waals surface area (Å²) >= 11 is 0. The molecule has 1 amide bonds. The average molecular weight is 417 g/mol. The molecule has 2 aromatic carbocycles. The van der Waals surface area contributed by atoms with Crippen molar-refractivity contribution >= 4 is 11.7 Å². The molecule has 7 heteroatoms. The Labute approximate surface area is 179 Å². The van der Waals surface area contributed by atoms with Crippen LogP contribution in [0.1, 0.15) is 33.7 Å². The monoisotopic (exact) mass is 417 g/mol. The summed E-state index contributed by atoms with van der Waals surface area (Å²) in [4.78, 5) is 39.0. The number of hydrogen-bond donors (Lipinski definition) is 0. The predicted octanol–water partition coefficient (Wildman–Crippen LogP) is 3.31. The van der Waals surface area contributed by atoms with Crippen LogP contribution in [0.5, 0.6) is 11.5 Å². The minimum atomic E-state index is -0.275. The van der Waals surface area contributed by atoms with Gasteiger partial charge in [-0.05, 0) is 55.3 Å². The quantitative estimate of drug-likeness (QED) is 0.595. The lowest BCUT2D eigenvalue weighted by molar-refractivity contribution is 0.0630. The number of amides is 1.